The molecular weight excluding hydrogens is 464 g/mol. The minimum atomic E-state index is -0.881. The van der Waals surface area contributed by atoms with Gasteiger partial charge in [0, 0.05) is 11.6 Å². The number of para-hydroxylation sites is 1. The molecule has 9 nitrogen and oxygen atoms in total. The molecule has 10 heteroatoms. The minimum absolute atomic E-state index is 0.00796. The third kappa shape index (κ3) is 3.47. The van der Waals surface area contributed by atoms with Crippen molar-refractivity contribution in [3.05, 3.63) is 68.7 Å². The second kappa shape index (κ2) is 8.32. The topological polar surface area (TPSA) is 124 Å². The highest BCUT2D eigenvalue weighted by Crippen LogP contribution is 2.56. The van der Waals surface area contributed by atoms with Crippen LogP contribution in [-0.2, 0) is 14.3 Å². The molecule has 0 spiro atoms. The fraction of sp³-hybridized carbons (Fsp3) is 0.333. The minimum Gasteiger partial charge on any atom is -0.454 e. The molecule has 174 valence electrons. The summed E-state index contributed by atoms with van der Waals surface area (Å²) in [6.07, 6.45) is 2.77. The highest BCUT2D eigenvalue weighted by atomic mass is 35.5. The van der Waals surface area contributed by atoms with Crippen LogP contribution < -0.4 is 4.90 Å². The van der Waals surface area contributed by atoms with Crippen LogP contribution in [0.2, 0.25) is 5.02 Å². The van der Waals surface area contributed by atoms with E-state index >= 15 is 0 Å². The van der Waals surface area contributed by atoms with Crippen molar-refractivity contribution in [1.82, 2.24) is 0 Å². The molecule has 1 saturated heterocycles. The van der Waals surface area contributed by atoms with Gasteiger partial charge in [0.25, 0.3) is 5.69 Å². The summed E-state index contributed by atoms with van der Waals surface area (Å²) in [6, 6.07) is 9.67. The number of carbonyl (C=O) groups is 4. The zero-order valence-electron chi connectivity index (χ0n) is 17.8. The van der Waals surface area contributed by atoms with Gasteiger partial charge in [-0.3, -0.25) is 24.5 Å². The fourth-order valence-corrected chi connectivity index (χ4v) is 5.79. The summed E-state index contributed by atoms with van der Waals surface area (Å²) in [5.74, 6) is -2.37. The number of hydrogen-bond acceptors (Lipinski definition) is 7. The number of esters is 1. The van der Waals surface area contributed by atoms with Crippen LogP contribution in [0.4, 0.5) is 11.4 Å². The maximum atomic E-state index is 13.2. The van der Waals surface area contributed by atoms with Crippen LogP contribution in [0.5, 0.6) is 0 Å². The number of anilines is 1. The van der Waals surface area contributed by atoms with E-state index in [1.165, 1.54) is 24.3 Å². The van der Waals surface area contributed by atoms with E-state index in [1.54, 1.807) is 12.1 Å². The van der Waals surface area contributed by atoms with Crippen LogP contribution in [0.25, 0.3) is 0 Å². The number of hydrogen-bond donors (Lipinski definition) is 0. The number of nitro benzene ring substituents is 1. The number of Topliss-reactive ketones (excluding diaryl/α,β-unsaturated/α-hetero) is 1. The van der Waals surface area contributed by atoms with E-state index in [9.17, 15) is 29.3 Å². The molecule has 3 aliphatic rings. The van der Waals surface area contributed by atoms with Gasteiger partial charge >= 0.3 is 5.97 Å². The summed E-state index contributed by atoms with van der Waals surface area (Å²) in [6.45, 7) is -0.677. The molecule has 4 atom stereocenters. The molecule has 2 bridgehead atoms. The second-order valence-electron chi connectivity index (χ2n) is 8.84. The lowest BCUT2D eigenvalue weighted by atomic mass is 9.81. The molecule has 2 aromatic rings. The van der Waals surface area contributed by atoms with Gasteiger partial charge in [-0.05, 0) is 55.4 Å². The van der Waals surface area contributed by atoms with E-state index in [4.69, 9.17) is 16.3 Å². The number of fused-ring (bicyclic) bond motifs is 5. The van der Waals surface area contributed by atoms with Gasteiger partial charge in [-0.1, -0.05) is 23.7 Å². The first-order chi connectivity index (χ1) is 16.3. The number of halogens is 1. The molecule has 3 fully saturated rings. The first-order valence-electron chi connectivity index (χ1n) is 10.9. The summed E-state index contributed by atoms with van der Waals surface area (Å²) in [5, 5.41) is 10.9. The molecular formula is C24H19ClN2O7. The number of rotatable bonds is 6. The molecule has 2 aliphatic carbocycles. The molecule has 2 aromatic carbocycles. The van der Waals surface area contributed by atoms with Crippen molar-refractivity contribution >= 4 is 46.5 Å². The van der Waals surface area contributed by atoms with E-state index < -0.39 is 29.0 Å². The number of benzene rings is 2. The van der Waals surface area contributed by atoms with E-state index in [0.29, 0.717) is 0 Å². The molecule has 0 aromatic heterocycles. The SMILES string of the molecule is O=C(COC(=O)c1ccccc1N1C(=O)[C@@H]2[C@H]3CC[C@@H](C3)[C@@H]2C1=O)c1ccc(Cl)c([N+](=O)[O-])c1. The van der Waals surface area contributed by atoms with Gasteiger partial charge in [0.15, 0.2) is 6.61 Å². The Bertz CT molecular complexity index is 1230. The van der Waals surface area contributed by atoms with Crippen molar-refractivity contribution in [3.8, 4) is 0 Å². The lowest BCUT2D eigenvalue weighted by molar-refractivity contribution is -0.384. The Morgan fingerprint density at radius 2 is 1.71 bits per heavy atom. The highest BCUT2D eigenvalue weighted by molar-refractivity contribution is 6.32. The molecule has 0 radical (unpaired) electrons. The van der Waals surface area contributed by atoms with Crippen LogP contribution in [0, 0.1) is 33.8 Å². The Hall–Kier alpha value is -3.59. The molecule has 5 rings (SSSR count). The third-order valence-corrected chi connectivity index (χ3v) is 7.41. The third-order valence-electron chi connectivity index (χ3n) is 7.09. The Kier molecular flexibility index (Phi) is 5.44. The molecule has 1 aliphatic heterocycles. The molecule has 0 N–H and O–H groups in total. The van der Waals surface area contributed by atoms with Gasteiger partial charge in [-0.25, -0.2) is 9.69 Å². The van der Waals surface area contributed by atoms with Crippen LogP contribution in [0.1, 0.15) is 40.0 Å². The van der Waals surface area contributed by atoms with Crippen LogP contribution in [0.3, 0.4) is 0 Å². The number of nitro groups is 1. The van der Waals surface area contributed by atoms with Crippen LogP contribution >= 0.6 is 11.6 Å². The van der Waals surface area contributed by atoms with E-state index in [-0.39, 0.29) is 57.3 Å². The number of ketones is 1. The fourth-order valence-electron chi connectivity index (χ4n) is 5.61. The average Bonchev–Trinajstić information content (AvgIpc) is 3.51. The Morgan fingerprint density at radius 1 is 1.06 bits per heavy atom. The summed E-state index contributed by atoms with van der Waals surface area (Å²) in [4.78, 5) is 63.0. The smallest absolute Gasteiger partial charge is 0.340 e. The number of ether oxygens (including phenoxy) is 1. The van der Waals surface area contributed by atoms with Crippen molar-refractivity contribution in [2.24, 2.45) is 23.7 Å². The van der Waals surface area contributed by atoms with E-state index in [0.717, 1.165) is 30.2 Å². The van der Waals surface area contributed by atoms with E-state index in [2.05, 4.69) is 0 Å². The Labute approximate surface area is 198 Å². The molecule has 2 saturated carbocycles. The van der Waals surface area contributed by atoms with Gasteiger partial charge < -0.3 is 4.74 Å². The van der Waals surface area contributed by atoms with E-state index in [1.807, 2.05) is 0 Å². The molecule has 1 heterocycles. The van der Waals surface area contributed by atoms with Crippen molar-refractivity contribution in [2.45, 2.75) is 19.3 Å². The van der Waals surface area contributed by atoms with Crippen molar-refractivity contribution in [3.63, 3.8) is 0 Å². The predicted molar refractivity (Wildman–Crippen MR) is 119 cm³/mol. The monoisotopic (exact) mass is 482 g/mol. The van der Waals surface area contributed by atoms with Crippen molar-refractivity contribution < 1.29 is 28.8 Å². The first kappa shape index (κ1) is 22.2. The molecule has 2 amide bonds. The largest absolute Gasteiger partial charge is 0.454 e. The summed E-state index contributed by atoms with van der Waals surface area (Å²) >= 11 is 5.77. The molecule has 0 unspecified atom stereocenters. The number of carbonyl (C=O) groups excluding carboxylic acids is 4. The summed E-state index contributed by atoms with van der Waals surface area (Å²) in [7, 11) is 0. The Morgan fingerprint density at radius 3 is 2.35 bits per heavy atom. The van der Waals surface area contributed by atoms with Crippen molar-refractivity contribution in [1.29, 1.82) is 0 Å². The maximum Gasteiger partial charge on any atom is 0.340 e. The zero-order chi connectivity index (χ0) is 24.1. The first-order valence-corrected chi connectivity index (χ1v) is 11.3. The molecule has 34 heavy (non-hydrogen) atoms. The lowest BCUT2D eigenvalue weighted by Crippen LogP contribution is -2.34. The van der Waals surface area contributed by atoms with Gasteiger partial charge in [0.1, 0.15) is 5.02 Å². The number of nitrogens with zero attached hydrogens (tertiary/aromatic N) is 2. The van der Waals surface area contributed by atoms with Crippen LogP contribution in [-0.4, -0.2) is 35.1 Å². The maximum absolute atomic E-state index is 13.2. The Balaban J connectivity index is 1.34. The summed E-state index contributed by atoms with van der Waals surface area (Å²) in [5.41, 5.74) is -0.336. The second-order valence-corrected chi connectivity index (χ2v) is 9.24. The number of imide groups is 1. The van der Waals surface area contributed by atoms with Gasteiger partial charge in [-0.2, -0.15) is 0 Å². The summed E-state index contributed by atoms with van der Waals surface area (Å²) < 4.78 is 5.15. The lowest BCUT2D eigenvalue weighted by Gasteiger charge is -2.19. The average molecular weight is 483 g/mol. The zero-order valence-corrected chi connectivity index (χ0v) is 18.6. The van der Waals surface area contributed by atoms with Crippen molar-refractivity contribution in [2.75, 3.05) is 11.5 Å². The van der Waals surface area contributed by atoms with Gasteiger partial charge in [0.2, 0.25) is 17.6 Å². The number of amides is 2. The van der Waals surface area contributed by atoms with Crippen LogP contribution in [0.15, 0.2) is 42.5 Å². The normalized spacial score (nSPS) is 24.9. The standard InChI is InChI=1S/C24H19ClN2O7/c25-16-8-7-12(10-18(16)27(32)33)19(28)11-34-24(31)15-3-1-2-4-17(15)26-22(29)20-13-5-6-14(9-13)21(20)23(26)30/h1-4,7-8,10,13-14,20-21H,5-6,9,11H2/t13-,14-,20-,21+/m0/s1. The predicted octanol–water partition coefficient (Wildman–Crippen LogP) is 3.82. The quantitative estimate of drug-likeness (QED) is 0.201. The van der Waals surface area contributed by atoms with Gasteiger partial charge in [-0.15, -0.1) is 0 Å². The van der Waals surface area contributed by atoms with Gasteiger partial charge in [0.05, 0.1) is 28.0 Å². The highest BCUT2D eigenvalue weighted by Gasteiger charge is 2.61.